The van der Waals surface area contributed by atoms with E-state index in [2.05, 4.69) is 0 Å². The van der Waals surface area contributed by atoms with Gasteiger partial charge in [0.25, 0.3) is 0 Å². The molecule has 2 rings (SSSR count). The van der Waals surface area contributed by atoms with Crippen LogP contribution in [0.4, 0.5) is 0 Å². The average Bonchev–Trinajstić information content (AvgIpc) is 2.71. The normalized spacial score (nSPS) is 35.8. The lowest BCUT2D eigenvalue weighted by atomic mass is 9.93. The summed E-state index contributed by atoms with van der Waals surface area (Å²) in [5.74, 6) is -0.445. The fourth-order valence-corrected chi connectivity index (χ4v) is 2.85. The molecule has 4 heteroatoms. The van der Waals surface area contributed by atoms with E-state index in [0.717, 1.165) is 0 Å². The Bertz CT molecular complexity index is 355. The molecule has 0 aliphatic heterocycles. The van der Waals surface area contributed by atoms with Crippen molar-refractivity contribution in [1.29, 1.82) is 0 Å². The molecule has 0 amide bonds. The fraction of sp³-hybridized carbons (Fsp3) is 0.786. The van der Waals surface area contributed by atoms with Crippen molar-refractivity contribution >= 4 is 5.97 Å². The second-order valence-electron chi connectivity index (χ2n) is 6.19. The van der Waals surface area contributed by atoms with E-state index in [0.29, 0.717) is 6.42 Å². The molecule has 102 valence electrons. The van der Waals surface area contributed by atoms with Gasteiger partial charge < -0.3 is 14.6 Å². The summed E-state index contributed by atoms with van der Waals surface area (Å²) >= 11 is 0. The maximum Gasteiger partial charge on any atom is 0.311 e. The third-order valence-corrected chi connectivity index (χ3v) is 3.51. The molecule has 5 unspecified atom stereocenters. The third-order valence-electron chi connectivity index (χ3n) is 3.51. The summed E-state index contributed by atoms with van der Waals surface area (Å²) < 4.78 is 10.9. The first-order valence-corrected chi connectivity index (χ1v) is 6.52. The van der Waals surface area contributed by atoms with Gasteiger partial charge >= 0.3 is 5.97 Å². The van der Waals surface area contributed by atoms with E-state index in [4.69, 9.17) is 9.47 Å². The fourth-order valence-electron chi connectivity index (χ4n) is 2.85. The van der Waals surface area contributed by atoms with Gasteiger partial charge in [-0.1, -0.05) is 12.2 Å². The summed E-state index contributed by atoms with van der Waals surface area (Å²) in [6, 6.07) is 0. The Morgan fingerprint density at radius 1 is 1.39 bits per heavy atom. The number of aliphatic hydroxyl groups is 1. The number of fused-ring (bicyclic) bond motifs is 2. The number of hydrogen-bond donors (Lipinski definition) is 1. The second kappa shape index (κ2) is 4.67. The van der Waals surface area contributed by atoms with E-state index in [-0.39, 0.29) is 29.3 Å². The quantitative estimate of drug-likeness (QED) is 0.474. The standard InChI is InChI=1S/C14H22O4/c1-8(18-14(2,3)4)17-13(16)11-7-9-5-6-10(11)12(9)15/h5-6,8-12,15H,7H2,1-4H3. The minimum absolute atomic E-state index is 0.0793. The molecule has 1 saturated carbocycles. The van der Waals surface area contributed by atoms with Gasteiger partial charge in [-0.2, -0.15) is 0 Å². The number of rotatable bonds is 3. The van der Waals surface area contributed by atoms with Gasteiger partial charge in [0.15, 0.2) is 0 Å². The lowest BCUT2D eigenvalue weighted by molar-refractivity contribution is -0.201. The Morgan fingerprint density at radius 3 is 2.50 bits per heavy atom. The van der Waals surface area contributed by atoms with Crippen molar-refractivity contribution in [3.63, 3.8) is 0 Å². The molecule has 0 aromatic heterocycles. The number of carbonyl (C=O) groups is 1. The van der Waals surface area contributed by atoms with Crippen LogP contribution < -0.4 is 0 Å². The first kappa shape index (κ1) is 13.6. The SMILES string of the molecule is CC(OC(=O)C1CC2C=CC1C2O)OC(C)(C)C. The molecule has 0 radical (unpaired) electrons. The van der Waals surface area contributed by atoms with Crippen LogP contribution in [0, 0.1) is 17.8 Å². The monoisotopic (exact) mass is 254 g/mol. The molecule has 2 aliphatic carbocycles. The highest BCUT2D eigenvalue weighted by atomic mass is 16.7. The summed E-state index contributed by atoms with van der Waals surface area (Å²) in [6.07, 6.45) is 3.64. The average molecular weight is 254 g/mol. The van der Waals surface area contributed by atoms with Crippen LogP contribution in [0.25, 0.3) is 0 Å². The van der Waals surface area contributed by atoms with Gasteiger partial charge in [-0.25, -0.2) is 0 Å². The zero-order valence-electron chi connectivity index (χ0n) is 11.4. The number of carbonyl (C=O) groups excluding carboxylic acids is 1. The topological polar surface area (TPSA) is 55.8 Å². The van der Waals surface area contributed by atoms with E-state index in [1.807, 2.05) is 32.9 Å². The number of hydrogen-bond acceptors (Lipinski definition) is 4. The zero-order valence-corrected chi connectivity index (χ0v) is 11.4. The van der Waals surface area contributed by atoms with Crippen LogP contribution in [-0.4, -0.2) is 29.1 Å². The highest BCUT2D eigenvalue weighted by Crippen LogP contribution is 2.44. The Kier molecular flexibility index (Phi) is 3.52. The summed E-state index contributed by atoms with van der Waals surface area (Å²) in [7, 11) is 0. The van der Waals surface area contributed by atoms with Gasteiger partial charge in [-0.3, -0.25) is 4.79 Å². The van der Waals surface area contributed by atoms with Crippen LogP contribution in [0.3, 0.4) is 0 Å². The largest absolute Gasteiger partial charge is 0.436 e. The predicted octanol–water partition coefficient (Wildman–Crippen LogP) is 1.87. The smallest absolute Gasteiger partial charge is 0.311 e. The second-order valence-corrected chi connectivity index (χ2v) is 6.19. The highest BCUT2D eigenvalue weighted by Gasteiger charge is 2.48. The van der Waals surface area contributed by atoms with Crippen molar-refractivity contribution in [3.05, 3.63) is 12.2 Å². The van der Waals surface area contributed by atoms with E-state index < -0.39 is 12.4 Å². The predicted molar refractivity (Wildman–Crippen MR) is 66.6 cm³/mol. The van der Waals surface area contributed by atoms with Crippen molar-refractivity contribution in [3.8, 4) is 0 Å². The van der Waals surface area contributed by atoms with Crippen LogP contribution >= 0.6 is 0 Å². The van der Waals surface area contributed by atoms with Crippen molar-refractivity contribution in [2.45, 2.75) is 52.1 Å². The lowest BCUT2D eigenvalue weighted by Gasteiger charge is -2.26. The minimum atomic E-state index is -0.558. The molecule has 18 heavy (non-hydrogen) atoms. The van der Waals surface area contributed by atoms with E-state index >= 15 is 0 Å². The Morgan fingerprint density at radius 2 is 2.06 bits per heavy atom. The van der Waals surface area contributed by atoms with Crippen LogP contribution in [0.5, 0.6) is 0 Å². The molecule has 0 saturated heterocycles. The summed E-state index contributed by atoms with van der Waals surface area (Å²) in [4.78, 5) is 12.0. The molecule has 0 aromatic carbocycles. The summed E-state index contributed by atoms with van der Waals surface area (Å²) in [5, 5.41) is 9.87. The molecule has 0 heterocycles. The molecule has 0 aromatic rings. The number of ether oxygens (including phenoxy) is 2. The molecule has 5 atom stereocenters. The van der Waals surface area contributed by atoms with Gasteiger partial charge in [0.2, 0.25) is 6.29 Å². The first-order chi connectivity index (χ1) is 8.28. The van der Waals surface area contributed by atoms with Crippen LogP contribution in [0.15, 0.2) is 12.2 Å². The van der Waals surface area contributed by atoms with Gasteiger partial charge in [-0.15, -0.1) is 0 Å². The Balaban J connectivity index is 1.88. The molecule has 1 fully saturated rings. The van der Waals surface area contributed by atoms with Crippen molar-refractivity contribution in [2.75, 3.05) is 0 Å². The molecular weight excluding hydrogens is 232 g/mol. The van der Waals surface area contributed by atoms with Crippen LogP contribution in [0.1, 0.15) is 34.1 Å². The lowest BCUT2D eigenvalue weighted by Crippen LogP contribution is -2.32. The van der Waals surface area contributed by atoms with E-state index in [1.165, 1.54) is 0 Å². The molecular formula is C14H22O4. The van der Waals surface area contributed by atoms with Crippen LogP contribution in [-0.2, 0) is 14.3 Å². The van der Waals surface area contributed by atoms with Crippen molar-refractivity contribution in [2.24, 2.45) is 17.8 Å². The summed E-state index contributed by atoms with van der Waals surface area (Å²) in [5.41, 5.74) is -0.339. The third kappa shape index (κ3) is 2.75. The zero-order chi connectivity index (χ0) is 13.5. The molecule has 1 N–H and O–H groups in total. The van der Waals surface area contributed by atoms with E-state index in [9.17, 15) is 9.90 Å². The highest BCUT2D eigenvalue weighted by molar-refractivity contribution is 5.74. The van der Waals surface area contributed by atoms with Gasteiger partial charge in [0.1, 0.15) is 0 Å². The molecule has 2 aliphatic rings. The van der Waals surface area contributed by atoms with Gasteiger partial charge in [0.05, 0.1) is 17.6 Å². The molecule has 0 spiro atoms. The van der Waals surface area contributed by atoms with Crippen molar-refractivity contribution < 1.29 is 19.4 Å². The van der Waals surface area contributed by atoms with E-state index in [1.54, 1.807) is 6.92 Å². The molecule has 2 bridgehead atoms. The number of esters is 1. The minimum Gasteiger partial charge on any atom is -0.436 e. The first-order valence-electron chi connectivity index (χ1n) is 6.52. The molecule has 4 nitrogen and oxygen atoms in total. The Hall–Kier alpha value is -0.870. The number of aliphatic hydroxyl groups excluding tert-OH is 1. The maximum absolute atomic E-state index is 12.0. The van der Waals surface area contributed by atoms with Crippen molar-refractivity contribution in [1.82, 2.24) is 0 Å². The maximum atomic E-state index is 12.0. The van der Waals surface area contributed by atoms with Crippen LogP contribution in [0.2, 0.25) is 0 Å². The Labute approximate surface area is 108 Å². The van der Waals surface area contributed by atoms with Gasteiger partial charge in [0, 0.05) is 11.8 Å². The van der Waals surface area contributed by atoms with Gasteiger partial charge in [-0.05, 0) is 34.1 Å². The summed E-state index contributed by atoms with van der Waals surface area (Å²) in [6.45, 7) is 7.48.